The van der Waals surface area contributed by atoms with E-state index in [2.05, 4.69) is 0 Å². The van der Waals surface area contributed by atoms with Crippen molar-refractivity contribution in [2.24, 2.45) is 0 Å². The molecule has 0 aliphatic rings. The van der Waals surface area contributed by atoms with Gasteiger partial charge in [0.15, 0.2) is 0 Å². The molecule has 0 N–H and O–H groups in total. The molecule has 11 heavy (non-hydrogen) atoms. The summed E-state index contributed by atoms with van der Waals surface area (Å²) in [4.78, 5) is 10.8. The average Bonchev–Trinajstić information content (AvgIpc) is 1.88. The molecular formula is C8H8ClOZn. The zero-order chi connectivity index (χ0) is 7.56. The second kappa shape index (κ2) is 4.63. The molecule has 0 amide bonds. The topological polar surface area (TPSA) is 17.1 Å². The van der Waals surface area contributed by atoms with Gasteiger partial charge < -0.3 is 0 Å². The van der Waals surface area contributed by atoms with Gasteiger partial charge in [0, 0.05) is 0 Å². The third-order valence-electron chi connectivity index (χ3n) is 1.33. The first-order chi connectivity index (χ1) is 4.70. The molecule has 0 fully saturated rings. The van der Waals surface area contributed by atoms with Crippen LogP contribution in [-0.4, -0.2) is 5.78 Å². The van der Waals surface area contributed by atoms with Gasteiger partial charge in [0.05, 0.1) is 0 Å². The summed E-state index contributed by atoms with van der Waals surface area (Å²) in [6, 6.07) is 7.76. The summed E-state index contributed by atoms with van der Waals surface area (Å²) in [5.74, 6) is 0.148. The van der Waals surface area contributed by atoms with Crippen LogP contribution in [0.5, 0.6) is 0 Å². The molecule has 0 radical (unpaired) electrons. The Bertz CT molecular complexity index is 260. The molecule has 0 bridgehead atoms. The molecule has 0 atom stereocenters. The Morgan fingerprint density at radius 3 is 2.45 bits per heavy atom. The van der Waals surface area contributed by atoms with Gasteiger partial charge in [0.2, 0.25) is 0 Å². The summed E-state index contributed by atoms with van der Waals surface area (Å²) in [6.07, 6.45) is 0. The number of ketones is 1. The maximum atomic E-state index is 10.8. The summed E-state index contributed by atoms with van der Waals surface area (Å²) >= 11 is 1.11. The Balaban J connectivity index is 0.000001000. The van der Waals surface area contributed by atoms with Crippen molar-refractivity contribution in [1.82, 2.24) is 0 Å². The fraction of sp³-hybridized carbons (Fsp3) is 0.125. The first kappa shape index (κ1) is 10.8. The van der Waals surface area contributed by atoms with Crippen LogP contribution in [0.3, 0.4) is 0 Å². The number of carbonyl (C=O) groups excluding carboxylic acids is 1. The van der Waals surface area contributed by atoms with E-state index in [4.69, 9.17) is 0 Å². The van der Waals surface area contributed by atoms with E-state index >= 15 is 0 Å². The number of carbonyl (C=O) groups is 1. The molecule has 0 saturated heterocycles. The molecule has 0 spiro atoms. The molecular weight excluding hydrogens is 213 g/mol. The maximum Gasteiger partial charge on any atom is -0.147 e. The van der Waals surface area contributed by atoms with Gasteiger partial charge in [-0.2, -0.15) is 0 Å². The van der Waals surface area contributed by atoms with Crippen molar-refractivity contribution in [2.75, 3.05) is 0 Å². The molecule has 0 aliphatic heterocycles. The number of rotatable bonds is 1. The molecule has 1 aromatic rings. The Morgan fingerprint density at radius 1 is 1.45 bits per heavy atom. The summed E-state index contributed by atoms with van der Waals surface area (Å²) in [7, 11) is 0. The van der Waals surface area contributed by atoms with E-state index in [0.29, 0.717) is 0 Å². The van der Waals surface area contributed by atoms with Crippen molar-refractivity contribution in [3.05, 3.63) is 29.8 Å². The van der Waals surface area contributed by atoms with Crippen molar-refractivity contribution in [1.29, 1.82) is 0 Å². The molecule has 1 aromatic carbocycles. The fourth-order valence-electron chi connectivity index (χ4n) is 0.790. The molecule has 0 aromatic heterocycles. The second-order valence-corrected chi connectivity index (χ2v) is 3.97. The van der Waals surface area contributed by atoms with Crippen molar-refractivity contribution in [3.63, 3.8) is 0 Å². The van der Waals surface area contributed by atoms with Gasteiger partial charge in [-0.15, -0.1) is 12.4 Å². The van der Waals surface area contributed by atoms with Crippen LogP contribution in [0.15, 0.2) is 24.3 Å². The summed E-state index contributed by atoms with van der Waals surface area (Å²) in [6.45, 7) is 1.59. The minimum absolute atomic E-state index is 0. The fourth-order valence-corrected chi connectivity index (χ4v) is 1.54. The van der Waals surface area contributed by atoms with E-state index < -0.39 is 0 Å². The summed E-state index contributed by atoms with van der Waals surface area (Å²) < 4.78 is 1.26. The van der Waals surface area contributed by atoms with Gasteiger partial charge in [-0.05, 0) is 0 Å². The standard InChI is InChI=1S/C8H7O.ClH.Zn/c1-7(9)8-5-3-2-4-6-8;;/h2-3,5-6H,1H3;1H;. The number of hydrogen-bond donors (Lipinski definition) is 0. The van der Waals surface area contributed by atoms with Gasteiger partial charge in [-0.3, -0.25) is 0 Å². The van der Waals surface area contributed by atoms with Crippen LogP contribution in [0.2, 0.25) is 0 Å². The van der Waals surface area contributed by atoms with E-state index in [-0.39, 0.29) is 18.2 Å². The molecule has 1 nitrogen and oxygen atoms in total. The van der Waals surface area contributed by atoms with E-state index in [0.717, 1.165) is 23.9 Å². The summed E-state index contributed by atoms with van der Waals surface area (Å²) in [5.41, 5.74) is 0.823. The van der Waals surface area contributed by atoms with Crippen LogP contribution in [-0.2, 0) is 18.3 Å². The Hall–Kier alpha value is -0.197. The van der Waals surface area contributed by atoms with Crippen LogP contribution in [0.25, 0.3) is 0 Å². The van der Waals surface area contributed by atoms with Gasteiger partial charge in [-0.25, -0.2) is 0 Å². The largest absolute Gasteiger partial charge is 0.147 e. The van der Waals surface area contributed by atoms with Crippen LogP contribution >= 0.6 is 12.4 Å². The third-order valence-corrected chi connectivity index (χ3v) is 2.26. The van der Waals surface area contributed by atoms with Crippen molar-refractivity contribution < 1.29 is 23.1 Å². The molecule has 0 unspecified atom stereocenters. The SMILES string of the molecule is CC(=O)c1ccc[c]([Zn])c1.Cl. The number of Topliss-reactive ketones (excluding diaryl/α,β-unsaturated/α-hetero) is 1. The average molecular weight is 221 g/mol. The monoisotopic (exact) mass is 219 g/mol. The van der Waals surface area contributed by atoms with Crippen LogP contribution in [0.1, 0.15) is 17.3 Å². The minimum Gasteiger partial charge on any atom is -0.147 e. The molecule has 3 heteroatoms. The number of benzene rings is 1. The zero-order valence-electron chi connectivity index (χ0n) is 6.33. The second-order valence-electron chi connectivity index (χ2n) is 2.26. The van der Waals surface area contributed by atoms with Crippen LogP contribution in [0.4, 0.5) is 0 Å². The summed E-state index contributed by atoms with van der Waals surface area (Å²) in [5, 5.41) is 0. The van der Waals surface area contributed by atoms with E-state index in [1.807, 2.05) is 24.3 Å². The molecule has 0 aliphatic carbocycles. The van der Waals surface area contributed by atoms with Gasteiger partial charge in [-0.1, -0.05) is 0 Å². The smallest absolute Gasteiger partial charge is 0.147 e. The van der Waals surface area contributed by atoms with Crippen molar-refractivity contribution in [2.45, 2.75) is 6.92 Å². The zero-order valence-corrected chi connectivity index (χ0v) is 10.1. The molecule has 1 rings (SSSR count). The molecule has 0 heterocycles. The van der Waals surface area contributed by atoms with Crippen LogP contribution in [0, 0.1) is 0 Å². The predicted molar refractivity (Wildman–Crippen MR) is 43.3 cm³/mol. The van der Waals surface area contributed by atoms with Crippen LogP contribution < -0.4 is 4.16 Å². The van der Waals surface area contributed by atoms with Crippen molar-refractivity contribution >= 4 is 22.3 Å². The van der Waals surface area contributed by atoms with Gasteiger partial charge in [0.25, 0.3) is 0 Å². The van der Waals surface area contributed by atoms with E-state index in [9.17, 15) is 4.79 Å². The Morgan fingerprint density at radius 2 is 2.09 bits per heavy atom. The van der Waals surface area contributed by atoms with Gasteiger partial charge >= 0.3 is 69.8 Å². The predicted octanol–water partition coefficient (Wildman–Crippen LogP) is 1.48. The first-order valence-electron chi connectivity index (χ1n) is 3.13. The Labute approximate surface area is 82.3 Å². The third kappa shape index (κ3) is 3.13. The molecule has 0 saturated carbocycles. The normalized spacial score (nSPS) is 8.64. The Kier molecular flexibility index (Phi) is 4.55. The first-order valence-corrected chi connectivity index (χ1v) is 4.61. The quantitative estimate of drug-likeness (QED) is 0.518. The van der Waals surface area contributed by atoms with Crippen molar-refractivity contribution in [3.8, 4) is 0 Å². The van der Waals surface area contributed by atoms with E-state index in [1.165, 1.54) is 4.16 Å². The van der Waals surface area contributed by atoms with E-state index in [1.54, 1.807) is 6.92 Å². The maximum absolute atomic E-state index is 10.8. The number of hydrogen-bond acceptors (Lipinski definition) is 1. The number of halogens is 1. The van der Waals surface area contributed by atoms with Gasteiger partial charge in [0.1, 0.15) is 0 Å². The minimum atomic E-state index is 0. The molecule has 55 valence electrons.